The minimum Gasteiger partial charge on any atom is -0.341 e. The van der Waals surface area contributed by atoms with Crippen LogP contribution in [0, 0.1) is 5.41 Å². The Morgan fingerprint density at radius 1 is 1.24 bits per heavy atom. The molecular weight excluding hydrogens is 362 g/mol. The first-order chi connectivity index (χ1) is 14.2. The number of piperidine rings is 1. The number of aromatic amines is 1. The average molecular weight is 390 g/mol. The summed E-state index contributed by atoms with van der Waals surface area (Å²) in [6, 6.07) is 10.5. The van der Waals surface area contributed by atoms with Crippen molar-refractivity contribution in [3.8, 4) is 0 Å². The Hall–Kier alpha value is -2.89. The Morgan fingerprint density at radius 3 is 2.86 bits per heavy atom. The molecule has 6 heteroatoms. The fourth-order valence-corrected chi connectivity index (χ4v) is 4.68. The topological polar surface area (TPSA) is 66.8 Å². The Labute approximate surface area is 171 Å². The van der Waals surface area contributed by atoms with Gasteiger partial charge in [0.1, 0.15) is 0 Å². The van der Waals surface area contributed by atoms with Crippen LogP contribution in [0.2, 0.25) is 0 Å². The van der Waals surface area contributed by atoms with Crippen molar-refractivity contribution < 1.29 is 4.79 Å². The predicted molar refractivity (Wildman–Crippen MR) is 110 cm³/mol. The Morgan fingerprint density at radius 2 is 2.10 bits per heavy atom. The summed E-state index contributed by atoms with van der Waals surface area (Å²) < 4.78 is 2.04. The number of benzene rings is 1. The van der Waals surface area contributed by atoms with Crippen LogP contribution in [-0.4, -0.2) is 43.6 Å². The molecule has 29 heavy (non-hydrogen) atoms. The number of hydrogen-bond acceptors (Lipinski definition) is 3. The number of aromatic nitrogens is 4. The van der Waals surface area contributed by atoms with E-state index in [0.717, 1.165) is 51.7 Å². The molecule has 1 amide bonds. The second kappa shape index (κ2) is 7.50. The standard InChI is InChI=1S/C23H27N5O/c29-22(23(8-9-23)16-27-12-10-24-17-27)28-11-4-7-19(15-28)21-20(14-25-26-21)13-18-5-2-1-3-6-18/h1-3,5-6,10,12,14,17,19H,4,7-9,11,13,15-16H2,(H,25,26)/t19-/m0/s1. The van der Waals surface area contributed by atoms with E-state index >= 15 is 0 Å². The monoisotopic (exact) mass is 389 g/mol. The molecule has 1 N–H and O–H groups in total. The summed E-state index contributed by atoms with van der Waals surface area (Å²) in [6.07, 6.45) is 12.5. The van der Waals surface area contributed by atoms with Crippen molar-refractivity contribution in [2.75, 3.05) is 13.1 Å². The van der Waals surface area contributed by atoms with Crippen LogP contribution >= 0.6 is 0 Å². The number of nitrogens with one attached hydrogen (secondary N) is 1. The largest absolute Gasteiger partial charge is 0.341 e. The minimum atomic E-state index is -0.219. The van der Waals surface area contributed by atoms with Gasteiger partial charge in [-0.25, -0.2) is 4.98 Å². The van der Waals surface area contributed by atoms with Crippen molar-refractivity contribution in [2.24, 2.45) is 5.41 Å². The third-order valence-electron chi connectivity index (χ3n) is 6.46. The summed E-state index contributed by atoms with van der Waals surface area (Å²) >= 11 is 0. The zero-order valence-corrected chi connectivity index (χ0v) is 16.6. The van der Waals surface area contributed by atoms with E-state index < -0.39 is 0 Å². The van der Waals surface area contributed by atoms with Crippen LogP contribution in [0.15, 0.2) is 55.2 Å². The summed E-state index contributed by atoms with van der Waals surface area (Å²) in [5, 5.41) is 7.58. The molecule has 150 valence electrons. The van der Waals surface area contributed by atoms with Crippen molar-refractivity contribution in [2.45, 2.75) is 44.6 Å². The van der Waals surface area contributed by atoms with Gasteiger partial charge >= 0.3 is 0 Å². The van der Waals surface area contributed by atoms with Crippen LogP contribution < -0.4 is 0 Å². The normalized spacial score (nSPS) is 20.6. The van der Waals surface area contributed by atoms with Gasteiger partial charge in [0.2, 0.25) is 5.91 Å². The molecule has 1 aliphatic carbocycles. The molecular formula is C23H27N5O. The fraction of sp³-hybridized carbons (Fsp3) is 0.435. The molecule has 1 aliphatic heterocycles. The lowest BCUT2D eigenvalue weighted by molar-refractivity contribution is -0.138. The molecule has 0 unspecified atom stereocenters. The van der Waals surface area contributed by atoms with Gasteiger partial charge < -0.3 is 9.47 Å². The number of imidazole rings is 1. The maximum atomic E-state index is 13.4. The zero-order chi connectivity index (χ0) is 19.7. The van der Waals surface area contributed by atoms with Gasteiger partial charge in [-0.05, 0) is 36.8 Å². The molecule has 0 bridgehead atoms. The Balaban J connectivity index is 1.29. The lowest BCUT2D eigenvalue weighted by atomic mass is 9.90. The molecule has 1 saturated heterocycles. The SMILES string of the molecule is O=C(N1CCC[C@H](c2[nH]ncc2Cc2ccccc2)C1)C1(Cn2ccnc2)CC1. The predicted octanol–water partition coefficient (Wildman–Crippen LogP) is 3.38. The molecule has 5 rings (SSSR count). The Kier molecular flexibility index (Phi) is 4.70. The molecule has 3 aromatic rings. The second-order valence-electron chi connectivity index (χ2n) is 8.58. The number of hydrogen-bond donors (Lipinski definition) is 1. The average Bonchev–Trinajstić information content (AvgIpc) is 3.13. The van der Waals surface area contributed by atoms with Crippen molar-refractivity contribution in [3.63, 3.8) is 0 Å². The minimum absolute atomic E-state index is 0.219. The van der Waals surface area contributed by atoms with Gasteiger partial charge in [0.25, 0.3) is 0 Å². The fourth-order valence-electron chi connectivity index (χ4n) is 4.68. The highest BCUT2D eigenvalue weighted by molar-refractivity contribution is 5.85. The van der Waals surface area contributed by atoms with Gasteiger partial charge in [0.15, 0.2) is 0 Å². The van der Waals surface area contributed by atoms with E-state index in [4.69, 9.17) is 0 Å². The summed E-state index contributed by atoms with van der Waals surface area (Å²) in [6.45, 7) is 2.40. The molecule has 2 fully saturated rings. The van der Waals surface area contributed by atoms with Crippen LogP contribution in [0.25, 0.3) is 0 Å². The van der Waals surface area contributed by atoms with Crippen LogP contribution in [0.1, 0.15) is 48.4 Å². The van der Waals surface area contributed by atoms with E-state index in [1.807, 2.05) is 29.4 Å². The smallest absolute Gasteiger partial charge is 0.230 e. The Bertz CT molecular complexity index is 958. The highest BCUT2D eigenvalue weighted by Crippen LogP contribution is 2.49. The summed E-state index contributed by atoms with van der Waals surface area (Å²) in [5.74, 6) is 0.651. The summed E-state index contributed by atoms with van der Waals surface area (Å²) in [7, 11) is 0. The first-order valence-corrected chi connectivity index (χ1v) is 10.5. The van der Waals surface area contributed by atoms with E-state index in [9.17, 15) is 4.79 Å². The van der Waals surface area contributed by atoms with Gasteiger partial charge in [0, 0.05) is 50.1 Å². The van der Waals surface area contributed by atoms with E-state index in [2.05, 4.69) is 44.3 Å². The number of carbonyl (C=O) groups is 1. The highest BCUT2D eigenvalue weighted by Gasteiger charge is 2.52. The number of amides is 1. The number of nitrogens with zero attached hydrogens (tertiary/aromatic N) is 4. The van der Waals surface area contributed by atoms with E-state index in [1.165, 1.54) is 16.8 Å². The number of likely N-dealkylation sites (tertiary alicyclic amines) is 1. The molecule has 2 aromatic heterocycles. The van der Waals surface area contributed by atoms with Gasteiger partial charge in [-0.15, -0.1) is 0 Å². The molecule has 1 aromatic carbocycles. The summed E-state index contributed by atoms with van der Waals surface area (Å²) in [4.78, 5) is 19.6. The maximum Gasteiger partial charge on any atom is 0.230 e. The number of rotatable bonds is 6. The van der Waals surface area contributed by atoms with E-state index in [0.29, 0.717) is 11.8 Å². The first kappa shape index (κ1) is 18.2. The molecule has 1 saturated carbocycles. The van der Waals surface area contributed by atoms with Gasteiger partial charge in [0.05, 0.1) is 17.9 Å². The van der Waals surface area contributed by atoms with Crippen LogP contribution in [0.5, 0.6) is 0 Å². The van der Waals surface area contributed by atoms with Crippen molar-refractivity contribution >= 4 is 5.91 Å². The van der Waals surface area contributed by atoms with Gasteiger partial charge in [-0.3, -0.25) is 9.89 Å². The third-order valence-corrected chi connectivity index (χ3v) is 6.46. The number of carbonyl (C=O) groups excluding carboxylic acids is 1. The zero-order valence-electron chi connectivity index (χ0n) is 16.6. The van der Waals surface area contributed by atoms with Crippen molar-refractivity contribution in [1.29, 1.82) is 0 Å². The maximum absolute atomic E-state index is 13.4. The quantitative estimate of drug-likeness (QED) is 0.703. The third kappa shape index (κ3) is 3.71. The van der Waals surface area contributed by atoms with Gasteiger partial charge in [-0.2, -0.15) is 5.10 Å². The van der Waals surface area contributed by atoms with Crippen LogP contribution in [-0.2, 0) is 17.8 Å². The van der Waals surface area contributed by atoms with Crippen LogP contribution in [0.3, 0.4) is 0 Å². The number of H-pyrrole nitrogens is 1. The molecule has 2 aliphatic rings. The van der Waals surface area contributed by atoms with Crippen molar-refractivity contribution in [1.82, 2.24) is 24.6 Å². The molecule has 1 atom stereocenters. The lowest BCUT2D eigenvalue weighted by Crippen LogP contribution is -2.44. The van der Waals surface area contributed by atoms with Gasteiger partial charge in [-0.1, -0.05) is 30.3 Å². The highest BCUT2D eigenvalue weighted by atomic mass is 16.2. The molecule has 6 nitrogen and oxygen atoms in total. The van der Waals surface area contributed by atoms with Crippen molar-refractivity contribution in [3.05, 3.63) is 72.1 Å². The van der Waals surface area contributed by atoms with E-state index in [-0.39, 0.29) is 5.41 Å². The first-order valence-electron chi connectivity index (χ1n) is 10.5. The molecule has 0 spiro atoms. The molecule has 0 radical (unpaired) electrons. The van der Waals surface area contributed by atoms with Crippen LogP contribution in [0.4, 0.5) is 0 Å². The summed E-state index contributed by atoms with van der Waals surface area (Å²) in [5.41, 5.74) is 3.51. The second-order valence-corrected chi connectivity index (χ2v) is 8.58. The lowest BCUT2D eigenvalue weighted by Gasteiger charge is -2.35. The molecule has 3 heterocycles. The van der Waals surface area contributed by atoms with E-state index in [1.54, 1.807) is 6.20 Å².